The van der Waals surface area contributed by atoms with E-state index in [1.165, 1.54) is 5.56 Å². The van der Waals surface area contributed by atoms with Crippen LogP contribution in [0.25, 0.3) is 0 Å². The molecule has 2 aromatic rings. The summed E-state index contributed by atoms with van der Waals surface area (Å²) in [6.45, 7) is 8.45. The van der Waals surface area contributed by atoms with Gasteiger partial charge in [-0.1, -0.05) is 32.9 Å². The van der Waals surface area contributed by atoms with E-state index in [0.29, 0.717) is 5.88 Å². The van der Waals surface area contributed by atoms with Crippen LogP contribution in [0.4, 0.5) is 0 Å². The van der Waals surface area contributed by atoms with Gasteiger partial charge in [0.05, 0.1) is 17.9 Å². The van der Waals surface area contributed by atoms with Crippen molar-refractivity contribution in [2.24, 2.45) is 7.05 Å². The van der Waals surface area contributed by atoms with Crippen molar-refractivity contribution in [3.05, 3.63) is 41.1 Å². The Morgan fingerprint density at radius 2 is 1.86 bits per heavy atom. The Hall–Kier alpha value is -1.81. The molecule has 2 rings (SSSR count). The number of aryl methyl sites for hydroxylation is 2. The Labute approximate surface area is 126 Å². The van der Waals surface area contributed by atoms with Gasteiger partial charge in [-0.2, -0.15) is 5.10 Å². The monoisotopic (exact) mass is 288 g/mol. The lowest BCUT2D eigenvalue weighted by Crippen LogP contribution is -2.14. The van der Waals surface area contributed by atoms with E-state index in [4.69, 9.17) is 4.74 Å². The van der Waals surface area contributed by atoms with E-state index in [-0.39, 0.29) is 12.0 Å². The van der Waals surface area contributed by atoms with Crippen LogP contribution in [-0.2, 0) is 19.1 Å². The van der Waals surface area contributed by atoms with Gasteiger partial charge >= 0.3 is 0 Å². The average Bonchev–Trinajstić information content (AvgIpc) is 2.73. The van der Waals surface area contributed by atoms with E-state index in [2.05, 4.69) is 38.0 Å². The maximum Gasteiger partial charge on any atom is 0.223 e. The van der Waals surface area contributed by atoms with Crippen molar-refractivity contribution in [3.8, 4) is 11.6 Å². The van der Waals surface area contributed by atoms with Crippen LogP contribution in [0.5, 0.6) is 11.6 Å². The van der Waals surface area contributed by atoms with Gasteiger partial charge in [-0.3, -0.25) is 0 Å². The van der Waals surface area contributed by atoms with Gasteiger partial charge in [-0.05, 0) is 36.5 Å². The highest BCUT2D eigenvalue weighted by atomic mass is 16.5. The first-order valence-electron chi connectivity index (χ1n) is 7.30. The van der Waals surface area contributed by atoms with Crippen LogP contribution < -0.4 is 4.74 Å². The molecule has 114 valence electrons. The molecule has 0 amide bonds. The molecular weight excluding hydrogens is 264 g/mol. The molecular formula is C17H24N2O2. The number of benzene rings is 1. The molecule has 0 saturated heterocycles. The number of aliphatic hydroxyl groups is 1. The molecule has 0 aliphatic carbocycles. The van der Waals surface area contributed by atoms with E-state index in [1.54, 1.807) is 4.68 Å². The summed E-state index contributed by atoms with van der Waals surface area (Å²) in [7, 11) is 1.82. The molecule has 1 aromatic heterocycles. The van der Waals surface area contributed by atoms with Crippen molar-refractivity contribution in [1.29, 1.82) is 0 Å². The number of hydrogen-bond acceptors (Lipinski definition) is 3. The van der Waals surface area contributed by atoms with E-state index in [9.17, 15) is 5.11 Å². The standard InChI is InChI=1S/C17H24N2O2/c1-6-17(3,4)13-7-9-14(10-8-13)21-16-15(11-20)12(2)18-19(16)5/h7-10,20H,6,11H2,1-5H3. The maximum atomic E-state index is 9.44. The highest BCUT2D eigenvalue weighted by Gasteiger charge is 2.18. The molecule has 1 N–H and O–H groups in total. The molecule has 1 aromatic carbocycles. The van der Waals surface area contributed by atoms with Crippen LogP contribution >= 0.6 is 0 Å². The predicted molar refractivity (Wildman–Crippen MR) is 83.7 cm³/mol. The van der Waals surface area contributed by atoms with Crippen LogP contribution in [0.1, 0.15) is 44.0 Å². The molecule has 0 fully saturated rings. The zero-order valence-corrected chi connectivity index (χ0v) is 13.5. The second-order valence-electron chi connectivity index (χ2n) is 6.01. The second kappa shape index (κ2) is 5.90. The number of ether oxygens (including phenoxy) is 1. The van der Waals surface area contributed by atoms with Gasteiger partial charge in [0.25, 0.3) is 0 Å². The Balaban J connectivity index is 2.26. The summed E-state index contributed by atoms with van der Waals surface area (Å²) in [6.07, 6.45) is 1.09. The normalized spacial score (nSPS) is 11.7. The summed E-state index contributed by atoms with van der Waals surface area (Å²) in [5.74, 6) is 1.35. The lowest BCUT2D eigenvalue weighted by molar-refractivity contribution is 0.274. The fourth-order valence-corrected chi connectivity index (χ4v) is 2.28. The van der Waals surface area contributed by atoms with Gasteiger partial charge < -0.3 is 9.84 Å². The molecule has 0 saturated carbocycles. The van der Waals surface area contributed by atoms with Gasteiger partial charge in [0.15, 0.2) is 0 Å². The van der Waals surface area contributed by atoms with Gasteiger partial charge in [-0.25, -0.2) is 4.68 Å². The molecule has 4 heteroatoms. The number of nitrogens with zero attached hydrogens (tertiary/aromatic N) is 2. The first-order chi connectivity index (χ1) is 9.89. The lowest BCUT2D eigenvalue weighted by Gasteiger charge is -2.23. The van der Waals surface area contributed by atoms with Crippen molar-refractivity contribution in [1.82, 2.24) is 9.78 Å². The number of hydrogen-bond donors (Lipinski definition) is 1. The summed E-state index contributed by atoms with van der Waals surface area (Å²) in [4.78, 5) is 0. The van der Waals surface area contributed by atoms with Crippen LogP contribution in [0.2, 0.25) is 0 Å². The zero-order valence-electron chi connectivity index (χ0n) is 13.5. The smallest absolute Gasteiger partial charge is 0.223 e. The molecule has 0 atom stereocenters. The largest absolute Gasteiger partial charge is 0.439 e. The molecule has 4 nitrogen and oxygen atoms in total. The quantitative estimate of drug-likeness (QED) is 0.912. The maximum absolute atomic E-state index is 9.44. The molecule has 0 spiro atoms. The molecule has 0 unspecified atom stereocenters. The summed E-state index contributed by atoms with van der Waals surface area (Å²) < 4.78 is 7.55. The fraction of sp³-hybridized carbons (Fsp3) is 0.471. The van der Waals surface area contributed by atoms with Crippen LogP contribution in [-0.4, -0.2) is 14.9 Å². The summed E-state index contributed by atoms with van der Waals surface area (Å²) >= 11 is 0. The van der Waals surface area contributed by atoms with Gasteiger partial charge in [-0.15, -0.1) is 0 Å². The van der Waals surface area contributed by atoms with Crippen molar-refractivity contribution >= 4 is 0 Å². The lowest BCUT2D eigenvalue weighted by atomic mass is 9.82. The number of rotatable bonds is 5. The van der Waals surface area contributed by atoms with E-state index < -0.39 is 0 Å². The summed E-state index contributed by atoms with van der Waals surface area (Å²) in [5.41, 5.74) is 2.98. The van der Waals surface area contributed by atoms with Crippen molar-refractivity contribution < 1.29 is 9.84 Å². The predicted octanol–water partition coefficient (Wildman–Crippen LogP) is 3.70. The molecule has 0 radical (unpaired) electrons. The highest BCUT2D eigenvalue weighted by Crippen LogP contribution is 2.31. The number of aromatic nitrogens is 2. The average molecular weight is 288 g/mol. The van der Waals surface area contributed by atoms with Gasteiger partial charge in [0, 0.05) is 7.05 Å². The summed E-state index contributed by atoms with van der Waals surface area (Å²) in [6, 6.07) is 8.13. The minimum absolute atomic E-state index is 0.0735. The molecule has 21 heavy (non-hydrogen) atoms. The van der Waals surface area contributed by atoms with E-state index >= 15 is 0 Å². The minimum atomic E-state index is -0.0735. The van der Waals surface area contributed by atoms with Crippen molar-refractivity contribution in [2.45, 2.75) is 46.1 Å². The first kappa shape index (κ1) is 15.6. The molecule has 0 bridgehead atoms. The Bertz CT molecular complexity index is 612. The topological polar surface area (TPSA) is 47.3 Å². The van der Waals surface area contributed by atoms with Crippen LogP contribution in [0.3, 0.4) is 0 Å². The Kier molecular flexibility index (Phi) is 4.37. The summed E-state index contributed by atoms with van der Waals surface area (Å²) in [5, 5.41) is 13.7. The van der Waals surface area contributed by atoms with Crippen molar-refractivity contribution in [3.63, 3.8) is 0 Å². The van der Waals surface area contributed by atoms with Crippen LogP contribution in [0.15, 0.2) is 24.3 Å². The molecule has 0 aliphatic rings. The fourth-order valence-electron chi connectivity index (χ4n) is 2.28. The van der Waals surface area contributed by atoms with Gasteiger partial charge in [0.2, 0.25) is 5.88 Å². The molecule has 0 aliphatic heterocycles. The third-order valence-corrected chi connectivity index (χ3v) is 4.18. The van der Waals surface area contributed by atoms with Gasteiger partial charge in [0.1, 0.15) is 5.75 Å². The Morgan fingerprint density at radius 1 is 1.24 bits per heavy atom. The van der Waals surface area contributed by atoms with E-state index in [1.807, 2.05) is 26.1 Å². The highest BCUT2D eigenvalue weighted by molar-refractivity contribution is 5.37. The molecule has 1 heterocycles. The third-order valence-electron chi connectivity index (χ3n) is 4.18. The zero-order chi connectivity index (χ0) is 15.6. The second-order valence-corrected chi connectivity index (χ2v) is 6.01. The number of aliphatic hydroxyl groups excluding tert-OH is 1. The minimum Gasteiger partial charge on any atom is -0.439 e. The Morgan fingerprint density at radius 3 is 2.38 bits per heavy atom. The van der Waals surface area contributed by atoms with Crippen LogP contribution in [0, 0.1) is 6.92 Å². The third kappa shape index (κ3) is 3.10. The van der Waals surface area contributed by atoms with Crippen molar-refractivity contribution in [2.75, 3.05) is 0 Å². The van der Waals surface area contributed by atoms with E-state index in [0.717, 1.165) is 23.4 Å². The first-order valence-corrected chi connectivity index (χ1v) is 7.30. The SMILES string of the molecule is CCC(C)(C)c1ccc(Oc2c(CO)c(C)nn2C)cc1.